The SMILES string of the molecule is Cc1cc(C(N)=O)cc(C)c1OCC(=O)O. The quantitative estimate of drug-likeness (QED) is 0.792. The molecular weight excluding hydrogens is 210 g/mol. The van der Waals surface area contributed by atoms with E-state index < -0.39 is 18.5 Å². The number of ether oxygens (including phenoxy) is 1. The normalized spacial score (nSPS) is 9.88. The zero-order valence-corrected chi connectivity index (χ0v) is 9.11. The fraction of sp³-hybridized carbons (Fsp3) is 0.273. The van der Waals surface area contributed by atoms with Crippen molar-refractivity contribution in [3.8, 4) is 5.75 Å². The highest BCUT2D eigenvalue weighted by molar-refractivity contribution is 5.93. The van der Waals surface area contributed by atoms with E-state index in [9.17, 15) is 9.59 Å². The van der Waals surface area contributed by atoms with E-state index in [1.807, 2.05) is 0 Å². The molecule has 0 aliphatic heterocycles. The molecule has 0 heterocycles. The van der Waals surface area contributed by atoms with Crippen molar-refractivity contribution in [2.75, 3.05) is 6.61 Å². The lowest BCUT2D eigenvalue weighted by atomic mass is 10.1. The minimum atomic E-state index is -1.04. The smallest absolute Gasteiger partial charge is 0.341 e. The Balaban J connectivity index is 3.03. The molecule has 0 fully saturated rings. The van der Waals surface area contributed by atoms with Crippen LogP contribution < -0.4 is 10.5 Å². The van der Waals surface area contributed by atoms with E-state index >= 15 is 0 Å². The van der Waals surface area contributed by atoms with Gasteiger partial charge in [0, 0.05) is 5.56 Å². The van der Waals surface area contributed by atoms with Crippen molar-refractivity contribution < 1.29 is 19.4 Å². The molecule has 86 valence electrons. The lowest BCUT2D eigenvalue weighted by molar-refractivity contribution is -0.139. The first-order valence-corrected chi connectivity index (χ1v) is 4.67. The number of carboxylic acid groups (broad SMARTS) is 1. The van der Waals surface area contributed by atoms with Gasteiger partial charge in [-0.1, -0.05) is 0 Å². The predicted octanol–water partition coefficient (Wildman–Crippen LogP) is 0.866. The average Bonchev–Trinajstić information content (AvgIpc) is 2.15. The molecule has 0 aliphatic carbocycles. The number of carbonyl (C=O) groups excluding carboxylic acids is 1. The molecule has 0 aromatic heterocycles. The summed E-state index contributed by atoms with van der Waals surface area (Å²) >= 11 is 0. The third-order valence-electron chi connectivity index (χ3n) is 2.08. The van der Waals surface area contributed by atoms with Crippen molar-refractivity contribution in [1.82, 2.24) is 0 Å². The van der Waals surface area contributed by atoms with Crippen LogP contribution in [0.5, 0.6) is 5.75 Å². The molecule has 0 spiro atoms. The highest BCUT2D eigenvalue weighted by atomic mass is 16.5. The summed E-state index contributed by atoms with van der Waals surface area (Å²) in [4.78, 5) is 21.3. The minimum Gasteiger partial charge on any atom is -0.481 e. The summed E-state index contributed by atoms with van der Waals surface area (Å²) in [5, 5.41) is 8.50. The second-order valence-electron chi connectivity index (χ2n) is 3.49. The van der Waals surface area contributed by atoms with Crippen LogP contribution >= 0.6 is 0 Å². The maximum absolute atomic E-state index is 11.0. The van der Waals surface area contributed by atoms with Gasteiger partial charge in [0.05, 0.1) is 0 Å². The Morgan fingerprint density at radius 2 is 1.81 bits per heavy atom. The first kappa shape index (κ1) is 12.0. The monoisotopic (exact) mass is 223 g/mol. The molecule has 1 aromatic rings. The van der Waals surface area contributed by atoms with E-state index in [4.69, 9.17) is 15.6 Å². The molecule has 0 unspecified atom stereocenters. The second-order valence-corrected chi connectivity index (χ2v) is 3.49. The number of carbonyl (C=O) groups is 2. The van der Waals surface area contributed by atoms with E-state index in [1.165, 1.54) is 0 Å². The number of amides is 1. The topological polar surface area (TPSA) is 89.6 Å². The maximum atomic E-state index is 11.0. The van der Waals surface area contributed by atoms with Crippen molar-refractivity contribution >= 4 is 11.9 Å². The minimum absolute atomic E-state index is 0.387. The Morgan fingerprint density at radius 1 is 1.31 bits per heavy atom. The molecule has 0 bridgehead atoms. The Morgan fingerprint density at radius 3 is 2.19 bits per heavy atom. The average molecular weight is 223 g/mol. The van der Waals surface area contributed by atoms with Gasteiger partial charge >= 0.3 is 5.97 Å². The van der Waals surface area contributed by atoms with Gasteiger partial charge in [-0.2, -0.15) is 0 Å². The van der Waals surface area contributed by atoms with E-state index in [2.05, 4.69) is 0 Å². The van der Waals surface area contributed by atoms with Gasteiger partial charge in [0.25, 0.3) is 0 Å². The number of carboxylic acids is 1. The molecular formula is C11H13NO4. The molecule has 5 nitrogen and oxygen atoms in total. The van der Waals surface area contributed by atoms with Crippen molar-refractivity contribution in [2.24, 2.45) is 5.73 Å². The third-order valence-corrected chi connectivity index (χ3v) is 2.08. The number of nitrogens with two attached hydrogens (primary N) is 1. The van der Waals surface area contributed by atoms with Gasteiger partial charge in [0.2, 0.25) is 5.91 Å². The van der Waals surface area contributed by atoms with Gasteiger partial charge in [0.15, 0.2) is 6.61 Å². The van der Waals surface area contributed by atoms with Crippen LogP contribution in [-0.2, 0) is 4.79 Å². The zero-order chi connectivity index (χ0) is 12.3. The van der Waals surface area contributed by atoms with Gasteiger partial charge in [-0.25, -0.2) is 4.79 Å². The first-order chi connectivity index (χ1) is 7.41. The summed E-state index contributed by atoms with van der Waals surface area (Å²) in [5.74, 6) is -1.08. The predicted molar refractivity (Wildman–Crippen MR) is 57.6 cm³/mol. The fourth-order valence-corrected chi connectivity index (χ4v) is 1.45. The number of aryl methyl sites for hydroxylation is 2. The zero-order valence-electron chi connectivity index (χ0n) is 9.11. The summed E-state index contributed by atoms with van der Waals surface area (Å²) < 4.78 is 5.11. The summed E-state index contributed by atoms with van der Waals surface area (Å²) in [6, 6.07) is 3.15. The Bertz CT molecular complexity index is 417. The number of benzene rings is 1. The summed E-state index contributed by atoms with van der Waals surface area (Å²) in [6.45, 7) is 3.06. The second kappa shape index (κ2) is 4.65. The molecule has 16 heavy (non-hydrogen) atoms. The van der Waals surface area contributed by atoms with Gasteiger partial charge < -0.3 is 15.6 Å². The van der Waals surface area contributed by atoms with Gasteiger partial charge in [-0.05, 0) is 37.1 Å². The number of aliphatic carboxylic acids is 1. The van der Waals surface area contributed by atoms with Crippen molar-refractivity contribution in [2.45, 2.75) is 13.8 Å². The Hall–Kier alpha value is -2.04. The number of hydrogen-bond donors (Lipinski definition) is 2. The highest BCUT2D eigenvalue weighted by Crippen LogP contribution is 2.24. The highest BCUT2D eigenvalue weighted by Gasteiger charge is 2.10. The van der Waals surface area contributed by atoms with Crippen LogP contribution in [0.4, 0.5) is 0 Å². The van der Waals surface area contributed by atoms with E-state index in [1.54, 1.807) is 26.0 Å². The Kier molecular flexibility index (Phi) is 3.50. The molecule has 0 saturated heterocycles. The number of hydrogen-bond acceptors (Lipinski definition) is 3. The fourth-order valence-electron chi connectivity index (χ4n) is 1.45. The van der Waals surface area contributed by atoms with Gasteiger partial charge in [-0.15, -0.1) is 0 Å². The molecule has 1 aromatic carbocycles. The van der Waals surface area contributed by atoms with Crippen LogP contribution in [-0.4, -0.2) is 23.6 Å². The van der Waals surface area contributed by atoms with Gasteiger partial charge in [0.1, 0.15) is 5.75 Å². The van der Waals surface area contributed by atoms with Crippen LogP contribution in [0, 0.1) is 13.8 Å². The molecule has 1 rings (SSSR count). The van der Waals surface area contributed by atoms with Crippen molar-refractivity contribution in [3.05, 3.63) is 28.8 Å². The largest absolute Gasteiger partial charge is 0.481 e. The van der Waals surface area contributed by atoms with Crippen LogP contribution in [0.2, 0.25) is 0 Å². The van der Waals surface area contributed by atoms with E-state index in [0.29, 0.717) is 22.4 Å². The van der Waals surface area contributed by atoms with Crippen LogP contribution in [0.1, 0.15) is 21.5 Å². The molecule has 1 amide bonds. The number of rotatable bonds is 4. The molecule has 3 N–H and O–H groups in total. The molecule has 0 radical (unpaired) electrons. The van der Waals surface area contributed by atoms with Gasteiger partial charge in [-0.3, -0.25) is 4.79 Å². The molecule has 0 atom stereocenters. The summed E-state index contributed by atoms with van der Waals surface area (Å²) in [7, 11) is 0. The van der Waals surface area contributed by atoms with E-state index in [-0.39, 0.29) is 0 Å². The summed E-state index contributed by atoms with van der Waals surface area (Å²) in [5.41, 5.74) is 6.92. The molecule has 5 heteroatoms. The maximum Gasteiger partial charge on any atom is 0.341 e. The standard InChI is InChI=1S/C11H13NO4/c1-6-3-8(11(12)15)4-7(2)10(6)16-5-9(13)14/h3-4H,5H2,1-2H3,(H2,12,15)(H,13,14). The molecule has 0 aliphatic rings. The van der Waals surface area contributed by atoms with Crippen LogP contribution in [0.3, 0.4) is 0 Å². The lowest BCUT2D eigenvalue weighted by Gasteiger charge is -2.11. The third kappa shape index (κ3) is 2.73. The molecule has 0 saturated carbocycles. The Labute approximate surface area is 92.8 Å². The van der Waals surface area contributed by atoms with Crippen LogP contribution in [0.25, 0.3) is 0 Å². The lowest BCUT2D eigenvalue weighted by Crippen LogP contribution is -2.14. The first-order valence-electron chi connectivity index (χ1n) is 4.67. The number of primary amides is 1. The van der Waals surface area contributed by atoms with Crippen molar-refractivity contribution in [3.63, 3.8) is 0 Å². The van der Waals surface area contributed by atoms with Crippen LogP contribution in [0.15, 0.2) is 12.1 Å². The van der Waals surface area contributed by atoms with E-state index in [0.717, 1.165) is 0 Å². The summed E-state index contributed by atoms with van der Waals surface area (Å²) in [6.07, 6.45) is 0. The van der Waals surface area contributed by atoms with Crippen molar-refractivity contribution in [1.29, 1.82) is 0 Å².